The minimum Gasteiger partial charge on any atom is -0.455 e. The van der Waals surface area contributed by atoms with Crippen molar-refractivity contribution in [2.45, 2.75) is 0 Å². The van der Waals surface area contributed by atoms with Crippen molar-refractivity contribution in [3.63, 3.8) is 0 Å². The fourth-order valence-corrected chi connectivity index (χ4v) is 8.05. The maximum absolute atomic E-state index is 6.50. The average molecular weight is 594 g/mol. The SMILES string of the molecule is c1ccc(-c2ccc3sc4c(-c5cccc(-n6c7ccccc7c7c8oc9ccccc9c8ccc76)c5)ncnc4c3c2)cc1. The Bertz CT molecular complexity index is 2770. The summed E-state index contributed by atoms with van der Waals surface area (Å²) in [4.78, 5) is 9.62. The van der Waals surface area contributed by atoms with Crippen LogP contribution in [0.15, 0.2) is 144 Å². The van der Waals surface area contributed by atoms with E-state index in [0.717, 1.165) is 70.9 Å². The van der Waals surface area contributed by atoms with Crippen LogP contribution in [0.3, 0.4) is 0 Å². The van der Waals surface area contributed by atoms with E-state index in [0.29, 0.717) is 0 Å². The van der Waals surface area contributed by atoms with Gasteiger partial charge in [0.05, 0.1) is 32.3 Å². The highest BCUT2D eigenvalue weighted by Gasteiger charge is 2.19. The number of thiophene rings is 1. The molecule has 0 aliphatic heterocycles. The van der Waals surface area contributed by atoms with Gasteiger partial charge in [-0.3, -0.25) is 0 Å². The highest BCUT2D eigenvalue weighted by atomic mass is 32.1. The Morgan fingerprint density at radius 3 is 2.31 bits per heavy atom. The molecule has 0 spiro atoms. The standard InChI is InChI=1S/C40H23N3OS/c1-2-9-24(10-3-1)25-17-20-35-31(22-25)38-40(45-35)37(41-23-42-38)26-11-8-12-27(21-26)43-32-15-6-4-14-30(32)36-33(43)19-18-29-28-13-5-7-16-34(28)44-39(29)36/h1-23H. The van der Waals surface area contributed by atoms with Crippen molar-refractivity contribution in [3.8, 4) is 28.1 Å². The Labute approximate surface area is 261 Å². The second kappa shape index (κ2) is 9.36. The van der Waals surface area contributed by atoms with Crippen molar-refractivity contribution in [2.24, 2.45) is 0 Å². The second-order valence-corrected chi connectivity index (χ2v) is 12.5. The number of nitrogens with zero attached hydrogens (tertiary/aromatic N) is 3. The van der Waals surface area contributed by atoms with Crippen LogP contribution < -0.4 is 0 Å². The Morgan fingerprint density at radius 2 is 1.38 bits per heavy atom. The zero-order chi connectivity index (χ0) is 29.5. The van der Waals surface area contributed by atoms with Crippen molar-refractivity contribution in [2.75, 3.05) is 0 Å². The number of furan rings is 1. The van der Waals surface area contributed by atoms with Crippen LogP contribution in [0.2, 0.25) is 0 Å². The zero-order valence-corrected chi connectivity index (χ0v) is 24.8. The molecule has 0 saturated carbocycles. The first-order valence-electron chi connectivity index (χ1n) is 15.0. The van der Waals surface area contributed by atoms with Gasteiger partial charge in [-0.2, -0.15) is 0 Å². The molecule has 0 radical (unpaired) electrons. The molecule has 10 rings (SSSR count). The zero-order valence-electron chi connectivity index (χ0n) is 23.9. The van der Waals surface area contributed by atoms with Gasteiger partial charge in [-0.15, -0.1) is 11.3 Å². The molecule has 5 heteroatoms. The summed E-state index contributed by atoms with van der Waals surface area (Å²) in [5.74, 6) is 0. The molecule has 0 saturated heterocycles. The lowest BCUT2D eigenvalue weighted by Crippen LogP contribution is -1.95. The molecule has 0 N–H and O–H groups in total. The third-order valence-electron chi connectivity index (χ3n) is 8.92. The van der Waals surface area contributed by atoms with Crippen molar-refractivity contribution >= 4 is 75.4 Å². The summed E-state index contributed by atoms with van der Waals surface area (Å²) < 4.78 is 11.2. The van der Waals surface area contributed by atoms with Gasteiger partial charge in [-0.1, -0.05) is 84.9 Å². The molecule has 4 heterocycles. The third kappa shape index (κ3) is 3.59. The molecule has 0 aliphatic rings. The van der Waals surface area contributed by atoms with Crippen LogP contribution in [0.1, 0.15) is 0 Å². The Kier molecular flexibility index (Phi) is 5.12. The summed E-state index contributed by atoms with van der Waals surface area (Å²) in [5, 5.41) is 5.74. The molecule has 0 aliphatic carbocycles. The van der Waals surface area contributed by atoms with E-state index in [1.54, 1.807) is 17.7 Å². The highest BCUT2D eigenvalue weighted by Crippen LogP contribution is 2.42. The van der Waals surface area contributed by atoms with Crippen LogP contribution in [0.4, 0.5) is 0 Å². The van der Waals surface area contributed by atoms with Gasteiger partial charge in [0, 0.05) is 37.5 Å². The van der Waals surface area contributed by atoms with Gasteiger partial charge in [0.2, 0.25) is 0 Å². The van der Waals surface area contributed by atoms with Gasteiger partial charge < -0.3 is 8.98 Å². The van der Waals surface area contributed by atoms with Crippen LogP contribution in [-0.2, 0) is 0 Å². The monoisotopic (exact) mass is 593 g/mol. The first-order valence-corrected chi connectivity index (χ1v) is 15.8. The number of rotatable bonds is 3. The molecular formula is C40H23N3OS. The maximum atomic E-state index is 6.50. The van der Waals surface area contributed by atoms with Gasteiger partial charge in [0.15, 0.2) is 0 Å². The predicted molar refractivity (Wildman–Crippen MR) is 187 cm³/mol. The van der Waals surface area contributed by atoms with Crippen molar-refractivity contribution in [3.05, 3.63) is 140 Å². The number of aromatic nitrogens is 3. The first-order chi connectivity index (χ1) is 22.3. The normalized spacial score (nSPS) is 12.0. The van der Waals surface area contributed by atoms with Crippen LogP contribution in [0, 0.1) is 0 Å². The second-order valence-electron chi connectivity index (χ2n) is 11.4. The lowest BCUT2D eigenvalue weighted by atomic mass is 10.0. The fourth-order valence-electron chi connectivity index (χ4n) is 6.90. The van der Waals surface area contributed by atoms with Crippen LogP contribution >= 0.6 is 11.3 Å². The van der Waals surface area contributed by atoms with E-state index in [1.165, 1.54) is 21.2 Å². The summed E-state index contributed by atoms with van der Waals surface area (Å²) >= 11 is 1.75. The molecule has 0 fully saturated rings. The fraction of sp³-hybridized carbons (Fsp3) is 0. The highest BCUT2D eigenvalue weighted by molar-refractivity contribution is 7.26. The van der Waals surface area contributed by atoms with E-state index in [2.05, 4.69) is 120 Å². The molecule has 6 aromatic carbocycles. The summed E-state index contributed by atoms with van der Waals surface area (Å²) in [6.07, 6.45) is 1.70. The van der Waals surface area contributed by atoms with Gasteiger partial charge >= 0.3 is 0 Å². The van der Waals surface area contributed by atoms with E-state index < -0.39 is 0 Å². The maximum Gasteiger partial charge on any atom is 0.145 e. The van der Waals surface area contributed by atoms with E-state index in [-0.39, 0.29) is 0 Å². The number of para-hydroxylation sites is 2. The molecule has 0 unspecified atom stereocenters. The molecule has 4 aromatic heterocycles. The number of fused-ring (bicyclic) bond motifs is 10. The van der Waals surface area contributed by atoms with E-state index >= 15 is 0 Å². The molecule has 0 atom stereocenters. The van der Waals surface area contributed by atoms with Crippen molar-refractivity contribution < 1.29 is 4.42 Å². The molecule has 10 aromatic rings. The minimum absolute atomic E-state index is 0.908. The van der Waals surface area contributed by atoms with Crippen LogP contribution in [0.5, 0.6) is 0 Å². The molecule has 45 heavy (non-hydrogen) atoms. The van der Waals surface area contributed by atoms with Crippen LogP contribution in [-0.4, -0.2) is 14.5 Å². The summed E-state index contributed by atoms with van der Waals surface area (Å²) in [6, 6.07) is 47.1. The van der Waals surface area contributed by atoms with Crippen molar-refractivity contribution in [1.82, 2.24) is 14.5 Å². The largest absolute Gasteiger partial charge is 0.455 e. The lowest BCUT2D eigenvalue weighted by molar-refractivity contribution is 0.673. The number of hydrogen-bond acceptors (Lipinski definition) is 4. The van der Waals surface area contributed by atoms with E-state index in [1.807, 2.05) is 18.2 Å². The Balaban J connectivity index is 1.18. The molecule has 210 valence electrons. The summed E-state index contributed by atoms with van der Waals surface area (Å²) in [5.41, 5.74) is 10.6. The smallest absolute Gasteiger partial charge is 0.145 e. The molecule has 4 nitrogen and oxygen atoms in total. The van der Waals surface area contributed by atoms with Gasteiger partial charge in [-0.25, -0.2) is 9.97 Å². The quantitative estimate of drug-likeness (QED) is 0.205. The summed E-state index contributed by atoms with van der Waals surface area (Å²) in [6.45, 7) is 0. The molecule has 0 bridgehead atoms. The van der Waals surface area contributed by atoms with Gasteiger partial charge in [0.25, 0.3) is 0 Å². The van der Waals surface area contributed by atoms with Gasteiger partial charge in [0.1, 0.15) is 17.5 Å². The molecular weight excluding hydrogens is 571 g/mol. The Hall–Kier alpha value is -5.78. The van der Waals surface area contributed by atoms with E-state index in [4.69, 9.17) is 14.4 Å². The van der Waals surface area contributed by atoms with Crippen molar-refractivity contribution in [1.29, 1.82) is 0 Å². The molecule has 0 amide bonds. The third-order valence-corrected chi connectivity index (χ3v) is 10.1. The minimum atomic E-state index is 0.908. The van der Waals surface area contributed by atoms with Gasteiger partial charge in [-0.05, 0) is 59.7 Å². The topological polar surface area (TPSA) is 43.9 Å². The summed E-state index contributed by atoms with van der Waals surface area (Å²) in [7, 11) is 0. The first kappa shape index (κ1) is 24.6. The predicted octanol–water partition coefficient (Wildman–Crippen LogP) is 11.2. The number of benzene rings is 6. The van der Waals surface area contributed by atoms with Crippen LogP contribution in [0.25, 0.3) is 92.1 Å². The van der Waals surface area contributed by atoms with E-state index in [9.17, 15) is 0 Å². The lowest BCUT2D eigenvalue weighted by Gasteiger charge is -2.10. The average Bonchev–Trinajstić information content (AvgIpc) is 3.78. The Morgan fingerprint density at radius 1 is 0.556 bits per heavy atom. The number of hydrogen-bond donors (Lipinski definition) is 0.